The number of hydrogen-bond acceptors (Lipinski definition) is 1. The van der Waals surface area contributed by atoms with Crippen molar-refractivity contribution >= 4 is 6.41 Å². The molecule has 0 atom stereocenters. The van der Waals surface area contributed by atoms with Crippen LogP contribution < -0.4 is 5.32 Å². The number of carbonyl (C=O) groups excluding carboxylic acids is 1. The molecule has 0 heterocycles. The van der Waals surface area contributed by atoms with Crippen molar-refractivity contribution < 1.29 is 9.90 Å². The van der Waals surface area contributed by atoms with Crippen molar-refractivity contribution in [3.63, 3.8) is 0 Å². The lowest BCUT2D eigenvalue weighted by Gasteiger charge is -1.83. The summed E-state index contributed by atoms with van der Waals surface area (Å²) in [6, 6.07) is 0. The fourth-order valence-electron chi connectivity index (χ4n) is 0.118. The summed E-state index contributed by atoms with van der Waals surface area (Å²) in [6.45, 7) is 0.00222. The van der Waals surface area contributed by atoms with Gasteiger partial charge in [0.05, 0.1) is 6.61 Å². The van der Waals surface area contributed by atoms with E-state index in [0.29, 0.717) is 6.41 Å². The zero-order chi connectivity index (χ0) is 4.83. The van der Waals surface area contributed by atoms with Crippen molar-refractivity contribution in [1.82, 2.24) is 5.32 Å². The van der Waals surface area contributed by atoms with Gasteiger partial charge in [-0.1, -0.05) is 0 Å². The summed E-state index contributed by atoms with van der Waals surface area (Å²) in [6.07, 6.45) is 0.512. The fourth-order valence-corrected chi connectivity index (χ4v) is 0.118. The first kappa shape index (κ1) is 5.43. The molecule has 0 unspecified atom stereocenters. The molecule has 0 aromatic carbocycles. The maximum absolute atomic E-state index is 9.47. The van der Waals surface area contributed by atoms with E-state index in [4.69, 9.17) is 0 Å². The molecular formula is C3H6NO2. The highest BCUT2D eigenvalue weighted by Gasteiger charge is 1.72. The molecule has 1 radical (unpaired) electrons. The van der Waals surface area contributed by atoms with Gasteiger partial charge in [0.25, 0.3) is 0 Å². The summed E-state index contributed by atoms with van der Waals surface area (Å²) >= 11 is 0. The molecule has 3 heteroatoms. The van der Waals surface area contributed by atoms with Crippen LogP contribution in [-0.2, 0) is 9.90 Å². The third kappa shape index (κ3) is 3.43. The van der Waals surface area contributed by atoms with E-state index in [0.717, 1.165) is 0 Å². The van der Waals surface area contributed by atoms with Crippen LogP contribution in [0.4, 0.5) is 0 Å². The van der Waals surface area contributed by atoms with Crippen molar-refractivity contribution in [3.05, 3.63) is 0 Å². The van der Waals surface area contributed by atoms with E-state index >= 15 is 0 Å². The Balaban J connectivity index is 2.49. The molecule has 0 aliphatic carbocycles. The first-order chi connectivity index (χ1) is 2.91. The Morgan fingerprint density at radius 1 is 1.67 bits per heavy atom. The quantitative estimate of drug-likeness (QED) is 0.355. The number of hydrogen-bond donors (Lipinski definition) is 1. The van der Waals surface area contributed by atoms with Gasteiger partial charge >= 0.3 is 0 Å². The van der Waals surface area contributed by atoms with Crippen LogP contribution in [0.5, 0.6) is 0 Å². The average molecular weight is 88.1 g/mol. The smallest absolute Gasteiger partial charge is 0.207 e. The zero-order valence-corrected chi connectivity index (χ0v) is 3.31. The maximum Gasteiger partial charge on any atom is 0.207 e. The lowest BCUT2D eigenvalue weighted by molar-refractivity contribution is -0.109. The minimum Gasteiger partial charge on any atom is -0.356 e. The van der Waals surface area contributed by atoms with Crippen LogP contribution in [0.15, 0.2) is 0 Å². The topological polar surface area (TPSA) is 49.0 Å². The van der Waals surface area contributed by atoms with Crippen molar-refractivity contribution in [3.8, 4) is 0 Å². The minimum atomic E-state index is -0.237. The minimum absolute atomic E-state index is 0.237. The molecule has 0 fully saturated rings. The number of amides is 1. The Labute approximate surface area is 36.0 Å². The molecule has 0 spiro atoms. The molecule has 3 nitrogen and oxygen atoms in total. The predicted molar refractivity (Wildman–Crippen MR) is 19.6 cm³/mol. The van der Waals surface area contributed by atoms with E-state index in [2.05, 4.69) is 5.32 Å². The van der Waals surface area contributed by atoms with Gasteiger partial charge < -0.3 is 5.32 Å². The highest BCUT2D eigenvalue weighted by atomic mass is 16.3. The van der Waals surface area contributed by atoms with Gasteiger partial charge in [0.2, 0.25) is 6.41 Å². The Bertz CT molecular complexity index is 37.8. The second kappa shape index (κ2) is 4.43. The van der Waals surface area contributed by atoms with Crippen LogP contribution in [0, 0.1) is 0 Å². The van der Waals surface area contributed by atoms with Gasteiger partial charge in [-0.3, -0.25) is 4.79 Å². The number of carbonyl (C=O) groups is 1. The van der Waals surface area contributed by atoms with E-state index in [1.165, 1.54) is 0 Å². The van der Waals surface area contributed by atoms with E-state index in [1.807, 2.05) is 0 Å². The molecular weight excluding hydrogens is 82.0 g/mol. The second-order valence-corrected chi connectivity index (χ2v) is 0.776. The van der Waals surface area contributed by atoms with Crippen molar-refractivity contribution in [1.29, 1.82) is 0 Å². The summed E-state index contributed by atoms with van der Waals surface area (Å²) in [5, 5.41) is 11.7. The Kier molecular flexibility index (Phi) is 4.01. The van der Waals surface area contributed by atoms with Crippen LogP contribution in [-0.4, -0.2) is 19.6 Å². The molecule has 0 saturated carbocycles. The monoisotopic (exact) mass is 88.0 g/mol. The summed E-state index contributed by atoms with van der Waals surface area (Å²) < 4.78 is 0. The summed E-state index contributed by atoms with van der Waals surface area (Å²) in [7, 11) is 0. The first-order valence-electron chi connectivity index (χ1n) is 1.67. The molecule has 35 valence electrons. The van der Waals surface area contributed by atoms with E-state index in [9.17, 15) is 9.90 Å². The van der Waals surface area contributed by atoms with Crippen LogP contribution >= 0.6 is 0 Å². The summed E-state index contributed by atoms with van der Waals surface area (Å²) in [4.78, 5) is 9.31. The van der Waals surface area contributed by atoms with Gasteiger partial charge in [0.1, 0.15) is 0 Å². The van der Waals surface area contributed by atoms with Gasteiger partial charge in [-0.05, 0) is 0 Å². The van der Waals surface area contributed by atoms with Crippen LogP contribution in [0.2, 0.25) is 0 Å². The van der Waals surface area contributed by atoms with Gasteiger partial charge in [0.15, 0.2) is 0 Å². The maximum atomic E-state index is 9.47. The van der Waals surface area contributed by atoms with Gasteiger partial charge in [-0.2, -0.15) is 0 Å². The lowest BCUT2D eigenvalue weighted by Crippen LogP contribution is -2.14. The summed E-state index contributed by atoms with van der Waals surface area (Å²) in [5.74, 6) is 0. The van der Waals surface area contributed by atoms with Crippen LogP contribution in [0.25, 0.3) is 0 Å². The Hall–Kier alpha value is -0.570. The highest BCUT2D eigenvalue weighted by molar-refractivity contribution is 5.45. The molecule has 6 heavy (non-hydrogen) atoms. The molecule has 0 saturated heterocycles. The standard InChI is InChI=1S/C3H6NO2/c5-2-1-4-3-6/h3H,1-2H2,(H,4,6). The Morgan fingerprint density at radius 3 is 2.50 bits per heavy atom. The third-order valence-corrected chi connectivity index (χ3v) is 0.330. The SMILES string of the molecule is [O]CCNC=O. The van der Waals surface area contributed by atoms with Gasteiger partial charge in [-0.25, -0.2) is 5.11 Å². The summed E-state index contributed by atoms with van der Waals surface area (Å²) in [5.41, 5.74) is 0. The van der Waals surface area contributed by atoms with Gasteiger partial charge in [-0.15, -0.1) is 0 Å². The van der Waals surface area contributed by atoms with Crippen LogP contribution in [0.3, 0.4) is 0 Å². The van der Waals surface area contributed by atoms with Crippen molar-refractivity contribution in [2.75, 3.05) is 13.2 Å². The first-order valence-corrected chi connectivity index (χ1v) is 1.67. The van der Waals surface area contributed by atoms with Crippen molar-refractivity contribution in [2.45, 2.75) is 0 Å². The molecule has 0 aromatic rings. The normalized spacial score (nSPS) is 7.50. The molecule has 0 aromatic heterocycles. The Morgan fingerprint density at radius 2 is 2.33 bits per heavy atom. The highest BCUT2D eigenvalue weighted by Crippen LogP contribution is 1.46. The van der Waals surface area contributed by atoms with E-state index in [1.54, 1.807) is 0 Å². The third-order valence-electron chi connectivity index (χ3n) is 0.330. The number of nitrogens with one attached hydrogen (secondary N) is 1. The lowest BCUT2D eigenvalue weighted by atomic mass is 10.7. The molecule has 1 N–H and O–H groups in total. The average Bonchev–Trinajstić information content (AvgIpc) is 1.61. The fraction of sp³-hybridized carbons (Fsp3) is 0.667. The predicted octanol–water partition coefficient (Wildman–Crippen LogP) is -0.837. The molecule has 0 rings (SSSR count). The number of rotatable bonds is 3. The second-order valence-electron chi connectivity index (χ2n) is 0.776. The largest absolute Gasteiger partial charge is 0.356 e. The van der Waals surface area contributed by atoms with E-state index in [-0.39, 0.29) is 13.2 Å². The molecule has 0 bridgehead atoms. The van der Waals surface area contributed by atoms with Crippen molar-refractivity contribution in [2.24, 2.45) is 0 Å². The van der Waals surface area contributed by atoms with E-state index < -0.39 is 0 Å². The molecule has 1 amide bonds. The molecule has 0 aliphatic heterocycles. The van der Waals surface area contributed by atoms with Crippen LogP contribution in [0.1, 0.15) is 0 Å². The zero-order valence-electron chi connectivity index (χ0n) is 3.31. The molecule has 0 aliphatic rings. The van der Waals surface area contributed by atoms with Gasteiger partial charge in [0, 0.05) is 6.54 Å².